The zero-order valence-electron chi connectivity index (χ0n) is 15.7. The van der Waals surface area contributed by atoms with Gasteiger partial charge in [0.15, 0.2) is 9.84 Å². The van der Waals surface area contributed by atoms with E-state index in [1.165, 1.54) is 30.0 Å². The van der Waals surface area contributed by atoms with Crippen LogP contribution < -0.4 is 5.32 Å². The van der Waals surface area contributed by atoms with E-state index in [0.29, 0.717) is 15.5 Å². The fourth-order valence-electron chi connectivity index (χ4n) is 2.99. The Morgan fingerprint density at radius 1 is 1.00 bits per heavy atom. The lowest BCUT2D eigenvalue weighted by molar-refractivity contribution is -0.112. The van der Waals surface area contributed by atoms with E-state index in [9.17, 15) is 22.0 Å². The molecule has 0 bridgehead atoms. The second kappa shape index (κ2) is 8.57. The quantitative estimate of drug-likeness (QED) is 0.441. The highest BCUT2D eigenvalue weighted by Gasteiger charge is 2.25. The lowest BCUT2D eigenvalue weighted by Crippen LogP contribution is -2.18. The van der Waals surface area contributed by atoms with Gasteiger partial charge in [-0.3, -0.25) is 4.79 Å². The summed E-state index contributed by atoms with van der Waals surface area (Å²) in [5, 5.41) is 2.69. The highest BCUT2D eigenvalue weighted by atomic mass is 79.9. The van der Waals surface area contributed by atoms with Gasteiger partial charge in [-0.2, -0.15) is 0 Å². The Hall–Kier alpha value is -2.49. The van der Waals surface area contributed by atoms with E-state index in [4.69, 9.17) is 0 Å². The molecule has 1 amide bonds. The zero-order chi connectivity index (χ0) is 22.2. The number of halogens is 3. The van der Waals surface area contributed by atoms with Gasteiger partial charge in [0.2, 0.25) is 0 Å². The first-order chi connectivity index (χ1) is 14.7. The normalized spacial score (nSPS) is 14.9. The third kappa shape index (κ3) is 4.73. The minimum atomic E-state index is -4.04. The van der Waals surface area contributed by atoms with Crippen molar-refractivity contribution in [3.05, 3.63) is 92.8 Å². The lowest BCUT2D eigenvalue weighted by Gasteiger charge is -2.19. The van der Waals surface area contributed by atoms with Gasteiger partial charge in [0.05, 0.1) is 21.2 Å². The molecule has 1 N–H and O–H groups in total. The number of carbonyl (C=O) groups is 1. The SMILES string of the molecule is O=C1Nc2cc(S(=O)(=O)Cc3c(F)cccc3F)ccc2S/C1=C\c1ccc(Br)cc1. The number of rotatable bonds is 4. The van der Waals surface area contributed by atoms with Crippen LogP contribution in [0.4, 0.5) is 14.5 Å². The molecule has 9 heteroatoms. The molecule has 4 rings (SSSR count). The van der Waals surface area contributed by atoms with Crippen LogP contribution in [0.5, 0.6) is 0 Å². The summed E-state index contributed by atoms with van der Waals surface area (Å²) in [7, 11) is -4.04. The molecule has 31 heavy (non-hydrogen) atoms. The van der Waals surface area contributed by atoms with E-state index in [1.54, 1.807) is 12.1 Å². The predicted molar refractivity (Wildman–Crippen MR) is 120 cm³/mol. The van der Waals surface area contributed by atoms with Crippen molar-refractivity contribution in [3.63, 3.8) is 0 Å². The summed E-state index contributed by atoms with van der Waals surface area (Å²) in [5.41, 5.74) is 0.659. The molecule has 0 radical (unpaired) electrons. The molecule has 0 saturated heterocycles. The highest BCUT2D eigenvalue weighted by Crippen LogP contribution is 2.40. The molecule has 4 nitrogen and oxygen atoms in total. The molecule has 0 unspecified atom stereocenters. The molecule has 0 atom stereocenters. The largest absolute Gasteiger partial charge is 0.320 e. The van der Waals surface area contributed by atoms with Crippen molar-refractivity contribution in [1.29, 1.82) is 0 Å². The van der Waals surface area contributed by atoms with E-state index in [2.05, 4.69) is 21.2 Å². The van der Waals surface area contributed by atoms with Crippen molar-refractivity contribution in [2.24, 2.45) is 0 Å². The highest BCUT2D eigenvalue weighted by molar-refractivity contribution is 9.10. The molecule has 1 aliphatic heterocycles. The maximum atomic E-state index is 13.9. The molecule has 0 aliphatic carbocycles. The van der Waals surface area contributed by atoms with Crippen LogP contribution in [0.2, 0.25) is 0 Å². The molecule has 1 heterocycles. The van der Waals surface area contributed by atoms with Gasteiger partial charge in [0.25, 0.3) is 5.91 Å². The smallest absolute Gasteiger partial charge is 0.262 e. The van der Waals surface area contributed by atoms with Crippen LogP contribution in [0.25, 0.3) is 6.08 Å². The van der Waals surface area contributed by atoms with Gasteiger partial charge >= 0.3 is 0 Å². The molecule has 158 valence electrons. The third-order valence-electron chi connectivity index (χ3n) is 4.57. The number of hydrogen-bond donors (Lipinski definition) is 1. The van der Waals surface area contributed by atoms with E-state index in [0.717, 1.165) is 22.2 Å². The Balaban J connectivity index is 1.62. The maximum absolute atomic E-state index is 13.9. The average molecular weight is 522 g/mol. The van der Waals surface area contributed by atoms with Crippen molar-refractivity contribution in [3.8, 4) is 0 Å². The van der Waals surface area contributed by atoms with Gasteiger partial charge in [0, 0.05) is 14.9 Å². The minimum absolute atomic E-state index is 0.129. The molecule has 3 aromatic rings. The monoisotopic (exact) mass is 521 g/mol. The van der Waals surface area contributed by atoms with Crippen molar-refractivity contribution in [1.82, 2.24) is 0 Å². The molecular weight excluding hydrogens is 508 g/mol. The van der Waals surface area contributed by atoms with Gasteiger partial charge in [-0.25, -0.2) is 17.2 Å². The topological polar surface area (TPSA) is 63.2 Å². The molecular formula is C22H14BrF2NO3S2. The van der Waals surface area contributed by atoms with Gasteiger partial charge in [0.1, 0.15) is 11.6 Å². The van der Waals surface area contributed by atoms with Gasteiger partial charge in [-0.05, 0) is 54.1 Å². The molecule has 0 saturated carbocycles. The Bertz CT molecular complexity index is 1300. The van der Waals surface area contributed by atoms with Gasteiger partial charge in [-0.15, -0.1) is 0 Å². The molecule has 0 fully saturated rings. The van der Waals surface area contributed by atoms with E-state index >= 15 is 0 Å². The molecule has 1 aliphatic rings. The number of sulfone groups is 1. The number of hydrogen-bond acceptors (Lipinski definition) is 4. The molecule has 0 aromatic heterocycles. The zero-order valence-corrected chi connectivity index (χ0v) is 19.0. The van der Waals surface area contributed by atoms with Gasteiger partial charge in [-0.1, -0.05) is 45.9 Å². The lowest BCUT2D eigenvalue weighted by atomic mass is 10.2. The Morgan fingerprint density at radius 2 is 1.68 bits per heavy atom. The summed E-state index contributed by atoms with van der Waals surface area (Å²) in [5.74, 6) is -3.03. The standard InChI is InChI=1S/C22H14BrF2NO3S2/c23-14-6-4-13(5-7-14)10-21-22(27)26-19-11-15(8-9-20(19)30-21)31(28,29)12-16-17(24)2-1-3-18(16)25/h1-11H,12H2,(H,26,27)/b21-10-. The summed E-state index contributed by atoms with van der Waals surface area (Å²) in [6.45, 7) is 0. The van der Waals surface area contributed by atoms with Crippen LogP contribution in [-0.2, 0) is 20.4 Å². The van der Waals surface area contributed by atoms with Crippen LogP contribution in [0.3, 0.4) is 0 Å². The molecule has 3 aromatic carbocycles. The summed E-state index contributed by atoms with van der Waals surface area (Å²) in [6.07, 6.45) is 1.74. The van der Waals surface area contributed by atoms with Crippen molar-refractivity contribution < 1.29 is 22.0 Å². The molecule has 0 spiro atoms. The fraction of sp³-hybridized carbons (Fsp3) is 0.0455. The number of fused-ring (bicyclic) bond motifs is 1. The summed E-state index contributed by atoms with van der Waals surface area (Å²) < 4.78 is 54.2. The van der Waals surface area contributed by atoms with Crippen LogP contribution in [0.1, 0.15) is 11.1 Å². The number of thioether (sulfide) groups is 1. The number of anilines is 1. The van der Waals surface area contributed by atoms with Crippen LogP contribution in [-0.4, -0.2) is 14.3 Å². The number of amides is 1. The van der Waals surface area contributed by atoms with E-state index < -0.39 is 32.8 Å². The van der Waals surface area contributed by atoms with Crippen molar-refractivity contribution >= 4 is 55.2 Å². The van der Waals surface area contributed by atoms with E-state index in [-0.39, 0.29) is 10.8 Å². The van der Waals surface area contributed by atoms with Gasteiger partial charge < -0.3 is 5.32 Å². The van der Waals surface area contributed by atoms with Crippen molar-refractivity contribution in [2.45, 2.75) is 15.5 Å². The Kier molecular flexibility index (Phi) is 6.00. The van der Waals surface area contributed by atoms with Crippen LogP contribution in [0.15, 0.2) is 79.8 Å². The first-order valence-corrected chi connectivity index (χ1v) is 12.3. The average Bonchev–Trinajstić information content (AvgIpc) is 2.72. The summed E-state index contributed by atoms with van der Waals surface area (Å²) in [4.78, 5) is 13.5. The Morgan fingerprint density at radius 3 is 2.35 bits per heavy atom. The van der Waals surface area contributed by atoms with Crippen LogP contribution in [0, 0.1) is 11.6 Å². The first-order valence-electron chi connectivity index (χ1n) is 8.99. The first kappa shape index (κ1) is 21.7. The van der Waals surface area contributed by atoms with E-state index in [1.807, 2.05) is 24.3 Å². The summed E-state index contributed by atoms with van der Waals surface area (Å²) in [6, 6.07) is 14.9. The Labute approximate surface area is 190 Å². The number of benzene rings is 3. The minimum Gasteiger partial charge on any atom is -0.320 e. The predicted octanol–water partition coefficient (Wildman–Crippen LogP) is 5.79. The van der Waals surface area contributed by atoms with Crippen LogP contribution >= 0.6 is 27.7 Å². The van der Waals surface area contributed by atoms with Crippen molar-refractivity contribution in [2.75, 3.05) is 5.32 Å². The second-order valence-corrected chi connectivity index (χ2v) is 10.7. The maximum Gasteiger partial charge on any atom is 0.262 e. The fourth-order valence-corrected chi connectivity index (χ4v) is 5.58. The third-order valence-corrected chi connectivity index (χ3v) is 7.83. The summed E-state index contributed by atoms with van der Waals surface area (Å²) >= 11 is 4.57. The second-order valence-electron chi connectivity index (χ2n) is 6.73. The number of nitrogens with one attached hydrogen (secondary N) is 1. The number of carbonyl (C=O) groups excluding carboxylic acids is 1.